The van der Waals surface area contributed by atoms with Gasteiger partial charge in [0.1, 0.15) is 0 Å². The van der Waals surface area contributed by atoms with Crippen molar-refractivity contribution in [2.75, 3.05) is 6.61 Å². The van der Waals surface area contributed by atoms with Crippen LogP contribution in [0, 0.1) is 12.8 Å². The summed E-state index contributed by atoms with van der Waals surface area (Å²) >= 11 is 0. The van der Waals surface area contributed by atoms with Crippen molar-refractivity contribution < 1.29 is 9.63 Å². The van der Waals surface area contributed by atoms with Gasteiger partial charge in [0.2, 0.25) is 0 Å². The van der Waals surface area contributed by atoms with Gasteiger partial charge in [-0.05, 0) is 32.6 Å². The van der Waals surface area contributed by atoms with Crippen molar-refractivity contribution in [3.8, 4) is 0 Å². The highest BCUT2D eigenvalue weighted by Crippen LogP contribution is 2.32. The second kappa shape index (κ2) is 5.85. The number of nitrogens with zero attached hydrogens (tertiary/aromatic N) is 1. The summed E-state index contributed by atoms with van der Waals surface area (Å²) in [7, 11) is 0. The Balaban J connectivity index is 1.94. The highest BCUT2D eigenvalue weighted by atomic mass is 16.5. The Morgan fingerprint density at radius 2 is 2.17 bits per heavy atom. The van der Waals surface area contributed by atoms with E-state index in [1.165, 1.54) is 32.1 Å². The molecule has 2 N–H and O–H groups in total. The van der Waals surface area contributed by atoms with Gasteiger partial charge in [-0.1, -0.05) is 24.4 Å². The molecule has 2 rings (SSSR count). The van der Waals surface area contributed by atoms with E-state index in [1.54, 1.807) is 0 Å². The molecule has 4 nitrogen and oxygen atoms in total. The highest BCUT2D eigenvalue weighted by Gasteiger charge is 2.34. The monoisotopic (exact) mass is 252 g/mol. The third-order valence-electron chi connectivity index (χ3n) is 4.18. The van der Waals surface area contributed by atoms with Gasteiger partial charge in [0.25, 0.3) is 0 Å². The summed E-state index contributed by atoms with van der Waals surface area (Å²) in [4.78, 5) is 0. The van der Waals surface area contributed by atoms with Crippen LogP contribution in [0.1, 0.15) is 50.5 Å². The van der Waals surface area contributed by atoms with E-state index < -0.39 is 0 Å². The van der Waals surface area contributed by atoms with Crippen molar-refractivity contribution in [2.45, 2.75) is 58.0 Å². The predicted molar refractivity (Wildman–Crippen MR) is 70.1 cm³/mol. The van der Waals surface area contributed by atoms with Crippen LogP contribution in [0.4, 0.5) is 0 Å². The highest BCUT2D eigenvalue weighted by molar-refractivity contribution is 5.04. The van der Waals surface area contributed by atoms with E-state index in [4.69, 9.17) is 4.52 Å². The Kier molecular flexibility index (Phi) is 4.40. The van der Waals surface area contributed by atoms with E-state index in [0.717, 1.165) is 11.5 Å². The van der Waals surface area contributed by atoms with Crippen molar-refractivity contribution in [3.63, 3.8) is 0 Å². The molecule has 0 bridgehead atoms. The fourth-order valence-corrected chi connectivity index (χ4v) is 2.86. The van der Waals surface area contributed by atoms with Gasteiger partial charge < -0.3 is 14.9 Å². The molecule has 0 radical (unpaired) electrons. The summed E-state index contributed by atoms with van der Waals surface area (Å²) in [6.45, 7) is 4.84. The lowest BCUT2D eigenvalue weighted by Gasteiger charge is -2.39. The fourth-order valence-electron chi connectivity index (χ4n) is 2.86. The van der Waals surface area contributed by atoms with Crippen LogP contribution in [-0.4, -0.2) is 22.4 Å². The normalized spacial score (nSPS) is 20.8. The molecule has 0 aromatic carbocycles. The molecule has 1 atom stereocenters. The summed E-state index contributed by atoms with van der Waals surface area (Å²) in [5, 5.41) is 17.1. The van der Waals surface area contributed by atoms with Crippen molar-refractivity contribution in [1.82, 2.24) is 10.5 Å². The lowest BCUT2D eigenvalue weighted by molar-refractivity contribution is 0.0913. The van der Waals surface area contributed by atoms with E-state index in [-0.39, 0.29) is 12.1 Å². The molecule has 0 spiro atoms. The summed E-state index contributed by atoms with van der Waals surface area (Å²) in [5.74, 6) is 1.39. The van der Waals surface area contributed by atoms with Gasteiger partial charge in [0, 0.05) is 11.6 Å². The molecule has 102 valence electrons. The molecule has 1 aliphatic rings. The van der Waals surface area contributed by atoms with Crippen LogP contribution < -0.4 is 5.32 Å². The molecule has 0 saturated heterocycles. The quantitative estimate of drug-likeness (QED) is 0.845. The Morgan fingerprint density at radius 1 is 1.44 bits per heavy atom. The smallest absolute Gasteiger partial charge is 0.150 e. The van der Waals surface area contributed by atoms with Crippen LogP contribution >= 0.6 is 0 Å². The second-order valence-corrected chi connectivity index (χ2v) is 5.70. The molecule has 1 aromatic rings. The molecule has 0 aliphatic heterocycles. The minimum atomic E-state index is -0.207. The van der Waals surface area contributed by atoms with Crippen LogP contribution in [-0.2, 0) is 6.54 Å². The number of hydrogen-bond acceptors (Lipinski definition) is 4. The van der Waals surface area contributed by atoms with Crippen molar-refractivity contribution in [1.29, 1.82) is 0 Å². The van der Waals surface area contributed by atoms with Crippen molar-refractivity contribution in [2.24, 2.45) is 5.92 Å². The first kappa shape index (κ1) is 13.6. The van der Waals surface area contributed by atoms with Crippen LogP contribution in [0.25, 0.3) is 0 Å². The van der Waals surface area contributed by atoms with E-state index in [0.29, 0.717) is 12.5 Å². The first-order chi connectivity index (χ1) is 8.64. The maximum absolute atomic E-state index is 9.71. The fraction of sp³-hybridized carbons (Fsp3) is 0.786. The Bertz CT molecular complexity index is 372. The topological polar surface area (TPSA) is 58.3 Å². The largest absolute Gasteiger partial charge is 0.394 e. The third kappa shape index (κ3) is 3.12. The molecule has 0 unspecified atom stereocenters. The van der Waals surface area contributed by atoms with E-state index in [1.807, 2.05) is 13.0 Å². The molecule has 1 saturated carbocycles. The Labute approximate surface area is 109 Å². The zero-order valence-corrected chi connectivity index (χ0v) is 11.4. The van der Waals surface area contributed by atoms with Crippen molar-refractivity contribution in [3.05, 3.63) is 17.5 Å². The molecule has 4 heteroatoms. The molecule has 1 aliphatic carbocycles. The van der Waals surface area contributed by atoms with Gasteiger partial charge in [-0.15, -0.1) is 0 Å². The van der Waals surface area contributed by atoms with Gasteiger partial charge >= 0.3 is 0 Å². The number of aromatic nitrogens is 1. The molecule has 1 fully saturated rings. The van der Waals surface area contributed by atoms with Gasteiger partial charge in [-0.2, -0.15) is 0 Å². The standard InChI is InChI=1S/C14H24N2O2/c1-11-8-13(18-16-11)9-15-14(2,10-17)12-6-4-3-5-7-12/h8,12,15,17H,3-7,9-10H2,1-2H3/t14-/m1/s1. The van der Waals surface area contributed by atoms with Gasteiger partial charge in [-0.3, -0.25) is 0 Å². The Morgan fingerprint density at radius 3 is 2.72 bits per heavy atom. The van der Waals surface area contributed by atoms with Gasteiger partial charge in [-0.25, -0.2) is 0 Å². The SMILES string of the molecule is Cc1cc(CN[C@](C)(CO)C2CCCCC2)on1. The average molecular weight is 252 g/mol. The summed E-state index contributed by atoms with van der Waals surface area (Å²) < 4.78 is 5.20. The van der Waals surface area contributed by atoms with Gasteiger partial charge in [0.05, 0.1) is 18.8 Å². The second-order valence-electron chi connectivity index (χ2n) is 5.70. The lowest BCUT2D eigenvalue weighted by Crippen LogP contribution is -2.52. The maximum Gasteiger partial charge on any atom is 0.150 e. The van der Waals surface area contributed by atoms with Crippen molar-refractivity contribution >= 4 is 0 Å². The van der Waals surface area contributed by atoms with Crippen LogP contribution in [0.3, 0.4) is 0 Å². The zero-order chi connectivity index (χ0) is 13.0. The maximum atomic E-state index is 9.71. The molecule has 1 aromatic heterocycles. The first-order valence-electron chi connectivity index (χ1n) is 6.92. The number of aryl methyl sites for hydroxylation is 1. The number of aliphatic hydroxyl groups is 1. The molecule has 0 amide bonds. The number of aliphatic hydroxyl groups excluding tert-OH is 1. The third-order valence-corrected chi connectivity index (χ3v) is 4.18. The minimum absolute atomic E-state index is 0.171. The van der Waals surface area contributed by atoms with Gasteiger partial charge in [0.15, 0.2) is 5.76 Å². The first-order valence-corrected chi connectivity index (χ1v) is 6.92. The van der Waals surface area contributed by atoms with E-state index in [2.05, 4.69) is 17.4 Å². The summed E-state index contributed by atoms with van der Waals surface area (Å²) in [5.41, 5.74) is 0.691. The van der Waals surface area contributed by atoms with Crippen LogP contribution in [0.2, 0.25) is 0 Å². The summed E-state index contributed by atoms with van der Waals surface area (Å²) in [6, 6.07) is 1.94. The number of nitrogens with one attached hydrogen (secondary N) is 1. The molecule has 1 heterocycles. The van der Waals surface area contributed by atoms with E-state index in [9.17, 15) is 5.11 Å². The zero-order valence-electron chi connectivity index (χ0n) is 11.4. The minimum Gasteiger partial charge on any atom is -0.394 e. The number of hydrogen-bond donors (Lipinski definition) is 2. The lowest BCUT2D eigenvalue weighted by atomic mass is 9.76. The van der Waals surface area contributed by atoms with Crippen LogP contribution in [0.15, 0.2) is 10.6 Å². The molecular formula is C14H24N2O2. The molecule has 18 heavy (non-hydrogen) atoms. The average Bonchev–Trinajstić information content (AvgIpc) is 2.83. The predicted octanol–water partition coefficient (Wildman–Crippen LogP) is 2.40. The van der Waals surface area contributed by atoms with Crippen LogP contribution in [0.5, 0.6) is 0 Å². The van der Waals surface area contributed by atoms with E-state index >= 15 is 0 Å². The number of rotatable bonds is 5. The Hall–Kier alpha value is -0.870. The molecular weight excluding hydrogens is 228 g/mol. The summed E-state index contributed by atoms with van der Waals surface area (Å²) in [6.07, 6.45) is 6.31.